The Bertz CT molecular complexity index is 496. The zero-order chi connectivity index (χ0) is 15.8. The SMILES string of the molecule is C=CCCCC(=O)N(c1ccc(OC)cc1)C(C)C(=O)O. The second kappa shape index (κ2) is 8.09. The van der Waals surface area contributed by atoms with Gasteiger partial charge < -0.3 is 9.84 Å². The fraction of sp³-hybridized carbons (Fsp3) is 0.375. The molecular weight excluding hydrogens is 270 g/mol. The van der Waals surface area contributed by atoms with E-state index in [-0.39, 0.29) is 12.3 Å². The summed E-state index contributed by atoms with van der Waals surface area (Å²) in [6.07, 6.45) is 3.41. The Balaban J connectivity index is 2.97. The molecule has 0 bridgehead atoms. The van der Waals surface area contributed by atoms with Crippen molar-refractivity contribution in [2.24, 2.45) is 0 Å². The molecule has 0 heterocycles. The molecule has 21 heavy (non-hydrogen) atoms. The summed E-state index contributed by atoms with van der Waals surface area (Å²) in [4.78, 5) is 24.9. The van der Waals surface area contributed by atoms with Gasteiger partial charge in [0.2, 0.25) is 5.91 Å². The van der Waals surface area contributed by atoms with E-state index in [0.29, 0.717) is 17.9 Å². The standard InChI is InChI=1S/C16H21NO4/c1-4-5-6-7-15(18)17(12(2)16(19)20)13-8-10-14(21-3)11-9-13/h4,8-12H,1,5-7H2,2-3H3,(H,19,20). The minimum absolute atomic E-state index is 0.211. The number of amides is 1. The van der Waals surface area contributed by atoms with Crippen LogP contribution in [-0.2, 0) is 9.59 Å². The lowest BCUT2D eigenvalue weighted by molar-refractivity contribution is -0.139. The molecule has 1 unspecified atom stereocenters. The topological polar surface area (TPSA) is 66.8 Å². The van der Waals surface area contributed by atoms with Crippen molar-refractivity contribution in [1.29, 1.82) is 0 Å². The highest BCUT2D eigenvalue weighted by atomic mass is 16.5. The van der Waals surface area contributed by atoms with Gasteiger partial charge in [-0.1, -0.05) is 6.08 Å². The predicted octanol–water partition coefficient (Wildman–Crippen LogP) is 2.86. The lowest BCUT2D eigenvalue weighted by atomic mass is 10.1. The van der Waals surface area contributed by atoms with Crippen molar-refractivity contribution >= 4 is 17.6 Å². The number of carboxylic acids is 1. The molecule has 0 spiro atoms. The Labute approximate surface area is 124 Å². The highest BCUT2D eigenvalue weighted by Crippen LogP contribution is 2.22. The Morgan fingerprint density at radius 1 is 1.38 bits per heavy atom. The lowest BCUT2D eigenvalue weighted by Crippen LogP contribution is -2.43. The van der Waals surface area contributed by atoms with E-state index in [0.717, 1.165) is 6.42 Å². The van der Waals surface area contributed by atoms with Crippen LogP contribution in [-0.4, -0.2) is 30.1 Å². The maximum absolute atomic E-state index is 12.3. The highest BCUT2D eigenvalue weighted by Gasteiger charge is 2.26. The average Bonchev–Trinajstić information content (AvgIpc) is 2.48. The van der Waals surface area contributed by atoms with Crippen LogP contribution in [0.4, 0.5) is 5.69 Å². The number of ether oxygens (including phenoxy) is 1. The minimum Gasteiger partial charge on any atom is -0.497 e. The van der Waals surface area contributed by atoms with Gasteiger partial charge in [0.1, 0.15) is 11.8 Å². The minimum atomic E-state index is -1.04. The Morgan fingerprint density at radius 2 is 2.00 bits per heavy atom. The first-order valence-corrected chi connectivity index (χ1v) is 6.81. The number of anilines is 1. The summed E-state index contributed by atoms with van der Waals surface area (Å²) in [7, 11) is 1.55. The Hall–Kier alpha value is -2.30. The second-order valence-electron chi connectivity index (χ2n) is 4.66. The number of carboxylic acid groups (broad SMARTS) is 1. The molecule has 0 aliphatic carbocycles. The number of hydrogen-bond donors (Lipinski definition) is 1. The van der Waals surface area contributed by atoms with Gasteiger partial charge in [-0.05, 0) is 44.0 Å². The number of carbonyl (C=O) groups is 2. The van der Waals surface area contributed by atoms with Gasteiger partial charge >= 0.3 is 5.97 Å². The Morgan fingerprint density at radius 3 is 2.48 bits per heavy atom. The van der Waals surface area contributed by atoms with E-state index in [1.165, 1.54) is 11.8 Å². The van der Waals surface area contributed by atoms with Gasteiger partial charge in [0.05, 0.1) is 7.11 Å². The molecule has 0 saturated heterocycles. The number of allylic oxidation sites excluding steroid dienone is 1. The molecule has 1 aromatic carbocycles. The van der Waals surface area contributed by atoms with Gasteiger partial charge in [-0.15, -0.1) is 6.58 Å². The number of rotatable bonds is 8. The van der Waals surface area contributed by atoms with E-state index in [1.807, 2.05) is 0 Å². The summed E-state index contributed by atoms with van der Waals surface area (Å²) < 4.78 is 5.07. The number of benzene rings is 1. The first kappa shape index (κ1) is 16.8. The van der Waals surface area contributed by atoms with Crippen LogP contribution >= 0.6 is 0 Å². The van der Waals surface area contributed by atoms with Crippen molar-refractivity contribution in [1.82, 2.24) is 0 Å². The zero-order valence-electron chi connectivity index (χ0n) is 12.4. The molecule has 0 aromatic heterocycles. The van der Waals surface area contributed by atoms with Crippen molar-refractivity contribution in [2.75, 3.05) is 12.0 Å². The lowest BCUT2D eigenvalue weighted by Gasteiger charge is -2.27. The molecule has 0 saturated carbocycles. The number of unbranched alkanes of at least 4 members (excludes halogenated alkanes) is 1. The zero-order valence-corrected chi connectivity index (χ0v) is 12.4. The van der Waals surface area contributed by atoms with E-state index in [1.54, 1.807) is 37.5 Å². The van der Waals surface area contributed by atoms with Gasteiger partial charge in [0.25, 0.3) is 0 Å². The van der Waals surface area contributed by atoms with Crippen molar-refractivity contribution < 1.29 is 19.4 Å². The molecule has 0 radical (unpaired) electrons. The van der Waals surface area contributed by atoms with E-state index in [4.69, 9.17) is 4.74 Å². The molecule has 114 valence electrons. The monoisotopic (exact) mass is 291 g/mol. The molecule has 1 atom stereocenters. The summed E-state index contributed by atoms with van der Waals surface area (Å²) in [5.41, 5.74) is 0.550. The smallest absolute Gasteiger partial charge is 0.326 e. The van der Waals surface area contributed by atoms with Crippen LogP contribution in [0.25, 0.3) is 0 Å². The van der Waals surface area contributed by atoms with Crippen LogP contribution in [0.15, 0.2) is 36.9 Å². The quantitative estimate of drug-likeness (QED) is 0.591. The maximum atomic E-state index is 12.3. The third kappa shape index (κ3) is 4.63. The summed E-state index contributed by atoms with van der Waals surface area (Å²) >= 11 is 0. The van der Waals surface area contributed by atoms with Gasteiger partial charge in [0.15, 0.2) is 0 Å². The molecule has 1 rings (SSSR count). The van der Waals surface area contributed by atoms with Crippen molar-refractivity contribution in [3.05, 3.63) is 36.9 Å². The predicted molar refractivity (Wildman–Crippen MR) is 81.6 cm³/mol. The van der Waals surface area contributed by atoms with Crippen LogP contribution in [0.3, 0.4) is 0 Å². The van der Waals surface area contributed by atoms with Crippen LogP contribution in [0.5, 0.6) is 5.75 Å². The molecular formula is C16H21NO4. The van der Waals surface area contributed by atoms with E-state index < -0.39 is 12.0 Å². The largest absolute Gasteiger partial charge is 0.497 e. The molecule has 0 aliphatic heterocycles. The maximum Gasteiger partial charge on any atom is 0.326 e. The first-order chi connectivity index (χ1) is 10.0. The third-order valence-corrected chi connectivity index (χ3v) is 3.16. The highest BCUT2D eigenvalue weighted by molar-refractivity contribution is 5.98. The van der Waals surface area contributed by atoms with Crippen LogP contribution in [0.1, 0.15) is 26.2 Å². The van der Waals surface area contributed by atoms with Gasteiger partial charge in [0, 0.05) is 12.1 Å². The molecule has 1 N–H and O–H groups in total. The third-order valence-electron chi connectivity index (χ3n) is 3.16. The fourth-order valence-electron chi connectivity index (χ4n) is 1.95. The molecule has 0 aliphatic rings. The number of aliphatic carboxylic acids is 1. The molecule has 1 aromatic rings. The molecule has 1 amide bonds. The number of nitrogens with zero attached hydrogens (tertiary/aromatic N) is 1. The van der Waals surface area contributed by atoms with E-state index in [2.05, 4.69) is 6.58 Å². The van der Waals surface area contributed by atoms with Gasteiger partial charge in [-0.2, -0.15) is 0 Å². The van der Waals surface area contributed by atoms with Crippen LogP contribution in [0, 0.1) is 0 Å². The van der Waals surface area contributed by atoms with Crippen LogP contribution < -0.4 is 9.64 Å². The Kier molecular flexibility index (Phi) is 6.46. The molecule has 5 heteroatoms. The van der Waals surface area contributed by atoms with Crippen molar-refractivity contribution in [3.63, 3.8) is 0 Å². The van der Waals surface area contributed by atoms with Gasteiger partial charge in [-0.25, -0.2) is 4.79 Å². The first-order valence-electron chi connectivity index (χ1n) is 6.81. The van der Waals surface area contributed by atoms with Crippen molar-refractivity contribution in [2.45, 2.75) is 32.2 Å². The van der Waals surface area contributed by atoms with Gasteiger partial charge in [-0.3, -0.25) is 9.69 Å². The van der Waals surface area contributed by atoms with E-state index in [9.17, 15) is 14.7 Å². The second-order valence-corrected chi connectivity index (χ2v) is 4.66. The fourth-order valence-corrected chi connectivity index (χ4v) is 1.95. The summed E-state index contributed by atoms with van der Waals surface area (Å²) in [6, 6.07) is 5.85. The summed E-state index contributed by atoms with van der Waals surface area (Å²) in [5.74, 6) is -0.597. The van der Waals surface area contributed by atoms with Crippen molar-refractivity contribution in [3.8, 4) is 5.75 Å². The summed E-state index contributed by atoms with van der Waals surface area (Å²) in [5, 5.41) is 9.20. The molecule has 0 fully saturated rings. The summed E-state index contributed by atoms with van der Waals surface area (Å²) in [6.45, 7) is 5.11. The van der Waals surface area contributed by atoms with E-state index >= 15 is 0 Å². The normalized spacial score (nSPS) is 11.5. The molecule has 5 nitrogen and oxygen atoms in total. The van der Waals surface area contributed by atoms with Crippen LogP contribution in [0.2, 0.25) is 0 Å². The number of carbonyl (C=O) groups excluding carboxylic acids is 1. The number of hydrogen-bond acceptors (Lipinski definition) is 3. The average molecular weight is 291 g/mol. The number of methoxy groups -OCH3 is 1.